The molecule has 3 unspecified atom stereocenters. The van der Waals surface area contributed by atoms with E-state index in [1.807, 2.05) is 39.4 Å². The first-order valence-corrected chi connectivity index (χ1v) is 23.1. The molecule has 0 saturated carbocycles. The first-order valence-electron chi connectivity index (χ1n) is 21.6. The fraction of sp³-hybridized carbons (Fsp3) is 0.638. The van der Waals surface area contributed by atoms with Gasteiger partial charge >= 0.3 is 0 Å². The van der Waals surface area contributed by atoms with E-state index in [2.05, 4.69) is 92.1 Å². The minimum atomic E-state index is -4.62. The molecule has 1 amide bonds. The highest BCUT2D eigenvalue weighted by molar-refractivity contribution is 7.45. The van der Waals surface area contributed by atoms with Crippen LogP contribution in [0.1, 0.15) is 142 Å². The summed E-state index contributed by atoms with van der Waals surface area (Å²) in [7, 11) is 1.18. The quantitative estimate of drug-likeness (QED) is 0.0280. The fourth-order valence-electron chi connectivity index (χ4n) is 5.36. The summed E-state index contributed by atoms with van der Waals surface area (Å²) in [5, 5.41) is 13.7. The number of carbonyl (C=O) groups is 1. The van der Waals surface area contributed by atoms with Gasteiger partial charge in [-0.25, -0.2) is 0 Å². The second-order valence-electron chi connectivity index (χ2n) is 15.3. The van der Waals surface area contributed by atoms with Crippen LogP contribution in [0.3, 0.4) is 0 Å². The van der Waals surface area contributed by atoms with Crippen molar-refractivity contribution in [3.63, 3.8) is 0 Å². The molecule has 0 saturated heterocycles. The molecule has 0 bridgehead atoms. The lowest BCUT2D eigenvalue weighted by Gasteiger charge is -2.29. The minimum absolute atomic E-state index is 0.0254. The molecular formula is C47H81N2O6P. The van der Waals surface area contributed by atoms with Gasteiger partial charge in [0.1, 0.15) is 13.2 Å². The number of hydrogen-bond acceptors (Lipinski definition) is 6. The zero-order valence-electron chi connectivity index (χ0n) is 36.0. The van der Waals surface area contributed by atoms with Crippen LogP contribution < -0.4 is 10.2 Å². The third-order valence-corrected chi connectivity index (χ3v) is 9.76. The van der Waals surface area contributed by atoms with Crippen molar-refractivity contribution < 1.29 is 32.9 Å². The summed E-state index contributed by atoms with van der Waals surface area (Å²) >= 11 is 0. The van der Waals surface area contributed by atoms with Gasteiger partial charge in [-0.2, -0.15) is 0 Å². The van der Waals surface area contributed by atoms with E-state index in [1.165, 1.54) is 57.8 Å². The van der Waals surface area contributed by atoms with Crippen LogP contribution in [0.2, 0.25) is 0 Å². The van der Waals surface area contributed by atoms with Crippen LogP contribution in [0.4, 0.5) is 0 Å². The molecule has 0 aliphatic carbocycles. The number of hydrogen-bond donors (Lipinski definition) is 2. The summed E-state index contributed by atoms with van der Waals surface area (Å²) in [6.45, 7) is 4.41. The maximum absolute atomic E-state index is 12.8. The van der Waals surface area contributed by atoms with E-state index in [-0.39, 0.29) is 18.9 Å². The maximum atomic E-state index is 12.8. The lowest BCUT2D eigenvalue weighted by Crippen LogP contribution is -2.45. The number of unbranched alkanes of at least 4 members (excludes halogenated alkanes) is 10. The Kier molecular flexibility index (Phi) is 36.2. The van der Waals surface area contributed by atoms with Gasteiger partial charge in [-0.15, -0.1) is 0 Å². The van der Waals surface area contributed by atoms with Crippen molar-refractivity contribution in [3.8, 4) is 0 Å². The van der Waals surface area contributed by atoms with Crippen LogP contribution in [0.5, 0.6) is 0 Å². The van der Waals surface area contributed by atoms with Gasteiger partial charge < -0.3 is 28.8 Å². The number of nitrogens with one attached hydrogen (secondary N) is 1. The SMILES string of the molecule is CC/C=C\C/C=C\C/C=C\C/C=C\C/C=C\C/C=C\CCC(=O)NC(COP(=O)([O-])OCC[N+](C)(C)C)C(O)/C=C/CC/C=C/CCCCCCCCCCC. The Labute approximate surface area is 343 Å². The molecule has 56 heavy (non-hydrogen) atoms. The zero-order valence-corrected chi connectivity index (χ0v) is 36.9. The van der Waals surface area contributed by atoms with Gasteiger partial charge in [-0.1, -0.05) is 162 Å². The molecule has 8 nitrogen and oxygen atoms in total. The Morgan fingerprint density at radius 2 is 1.11 bits per heavy atom. The second-order valence-corrected chi connectivity index (χ2v) is 16.7. The average molecular weight is 801 g/mol. The number of nitrogens with zero attached hydrogens (tertiary/aromatic N) is 1. The number of allylic oxidation sites excluding steroid dienone is 15. The normalized spacial score (nSPS) is 15.3. The van der Waals surface area contributed by atoms with E-state index in [1.54, 1.807) is 6.08 Å². The van der Waals surface area contributed by atoms with Crippen LogP contribution in [-0.2, 0) is 18.4 Å². The van der Waals surface area contributed by atoms with Gasteiger partial charge in [0.15, 0.2) is 0 Å². The average Bonchev–Trinajstić information content (AvgIpc) is 3.15. The standard InChI is InChI=1S/C47H81N2O6P/c1-6-8-10-12-14-16-18-20-22-23-24-25-27-29-31-33-35-37-39-41-47(51)48-45(44-55-56(52,53)54-43-42-49(3,4)5)46(50)40-38-36-34-32-30-28-26-21-19-17-15-13-11-9-7-2/h8,10,14,16,20,22,24-25,29-32,35,37-38,40,45-46,50H,6-7,9,11-13,15,17-19,21,23,26-28,33-34,36,39,41-44H2,1-5H3,(H-,48,51,52,53)/b10-8-,16-14-,22-20-,25-24-,31-29-,32-30+,37-35-,40-38+. The van der Waals surface area contributed by atoms with E-state index < -0.39 is 26.6 Å². The molecule has 0 aromatic heterocycles. The Balaban J connectivity index is 4.66. The Bertz CT molecular complexity index is 1230. The zero-order chi connectivity index (χ0) is 41.4. The van der Waals surface area contributed by atoms with Crippen LogP contribution >= 0.6 is 7.82 Å². The van der Waals surface area contributed by atoms with E-state index in [0.717, 1.165) is 57.8 Å². The van der Waals surface area contributed by atoms with Crippen LogP contribution in [-0.4, -0.2) is 68.5 Å². The van der Waals surface area contributed by atoms with Crippen LogP contribution in [0.25, 0.3) is 0 Å². The Morgan fingerprint density at radius 1 is 0.643 bits per heavy atom. The molecule has 0 rings (SSSR count). The molecule has 320 valence electrons. The van der Waals surface area contributed by atoms with Crippen molar-refractivity contribution in [3.05, 3.63) is 97.2 Å². The van der Waals surface area contributed by atoms with Gasteiger partial charge in [-0.3, -0.25) is 9.36 Å². The largest absolute Gasteiger partial charge is 0.756 e. The van der Waals surface area contributed by atoms with E-state index in [9.17, 15) is 19.4 Å². The number of phosphoric acid groups is 1. The lowest BCUT2D eigenvalue weighted by atomic mass is 10.1. The van der Waals surface area contributed by atoms with Gasteiger partial charge in [0.05, 0.1) is 39.9 Å². The van der Waals surface area contributed by atoms with E-state index >= 15 is 0 Å². The van der Waals surface area contributed by atoms with Crippen molar-refractivity contribution in [2.75, 3.05) is 40.9 Å². The number of quaternary nitrogens is 1. The molecule has 0 fully saturated rings. The molecule has 0 aromatic rings. The topological polar surface area (TPSA) is 108 Å². The van der Waals surface area contributed by atoms with Crippen molar-refractivity contribution in [2.45, 2.75) is 154 Å². The van der Waals surface area contributed by atoms with Crippen LogP contribution in [0.15, 0.2) is 97.2 Å². The first-order chi connectivity index (χ1) is 27.0. The van der Waals surface area contributed by atoms with E-state index in [4.69, 9.17) is 9.05 Å². The number of amides is 1. The maximum Gasteiger partial charge on any atom is 0.268 e. The van der Waals surface area contributed by atoms with Crippen molar-refractivity contribution in [2.24, 2.45) is 0 Å². The highest BCUT2D eigenvalue weighted by atomic mass is 31.2. The number of aliphatic hydroxyl groups is 1. The smallest absolute Gasteiger partial charge is 0.268 e. The van der Waals surface area contributed by atoms with Crippen molar-refractivity contribution >= 4 is 13.7 Å². The summed E-state index contributed by atoms with van der Waals surface area (Å²) in [6.07, 6.45) is 53.3. The molecule has 0 spiro atoms. The molecular weight excluding hydrogens is 719 g/mol. The molecule has 0 aliphatic rings. The molecule has 0 radical (unpaired) electrons. The molecule has 3 atom stereocenters. The highest BCUT2D eigenvalue weighted by Crippen LogP contribution is 2.38. The van der Waals surface area contributed by atoms with Gasteiger partial charge in [0, 0.05) is 6.42 Å². The number of rotatable bonds is 37. The second kappa shape index (κ2) is 38.0. The minimum Gasteiger partial charge on any atom is -0.756 e. The number of aliphatic hydroxyl groups excluding tert-OH is 1. The first kappa shape index (κ1) is 53.4. The van der Waals surface area contributed by atoms with Crippen molar-refractivity contribution in [1.29, 1.82) is 0 Å². The number of carbonyl (C=O) groups excluding carboxylic acids is 1. The molecule has 9 heteroatoms. The summed E-state index contributed by atoms with van der Waals surface area (Å²) in [5.41, 5.74) is 0. The summed E-state index contributed by atoms with van der Waals surface area (Å²) in [4.78, 5) is 25.2. The summed E-state index contributed by atoms with van der Waals surface area (Å²) in [5.74, 6) is -0.295. The lowest BCUT2D eigenvalue weighted by molar-refractivity contribution is -0.870. The van der Waals surface area contributed by atoms with E-state index in [0.29, 0.717) is 17.4 Å². The van der Waals surface area contributed by atoms with Gasteiger partial charge in [0.2, 0.25) is 5.91 Å². The van der Waals surface area contributed by atoms with Gasteiger partial charge in [-0.05, 0) is 70.6 Å². The Morgan fingerprint density at radius 3 is 1.64 bits per heavy atom. The predicted octanol–water partition coefficient (Wildman–Crippen LogP) is 11.3. The number of phosphoric ester groups is 1. The Hall–Kier alpha value is -2.58. The third kappa shape index (κ3) is 39.6. The summed E-state index contributed by atoms with van der Waals surface area (Å²) in [6, 6.07) is -0.949. The molecule has 0 aromatic carbocycles. The fourth-order valence-corrected chi connectivity index (χ4v) is 6.09. The third-order valence-electron chi connectivity index (χ3n) is 8.79. The summed E-state index contributed by atoms with van der Waals surface area (Å²) < 4.78 is 23.1. The highest BCUT2D eigenvalue weighted by Gasteiger charge is 2.23. The van der Waals surface area contributed by atoms with Gasteiger partial charge in [0.25, 0.3) is 7.82 Å². The van der Waals surface area contributed by atoms with Crippen LogP contribution in [0, 0.1) is 0 Å². The number of likely N-dealkylation sites (N-methyl/N-ethyl adjacent to an activating group) is 1. The molecule has 2 N–H and O–H groups in total. The molecule has 0 aliphatic heterocycles. The monoisotopic (exact) mass is 801 g/mol. The predicted molar refractivity (Wildman–Crippen MR) is 237 cm³/mol. The van der Waals surface area contributed by atoms with Crippen molar-refractivity contribution in [1.82, 2.24) is 5.32 Å². The molecule has 0 heterocycles.